The molecule has 2 fully saturated rings. The summed E-state index contributed by atoms with van der Waals surface area (Å²) in [4.78, 5) is 23.4. The monoisotopic (exact) mass is 416 g/mol. The van der Waals surface area contributed by atoms with Crippen LogP contribution < -0.4 is 5.32 Å². The smallest absolute Gasteiger partial charge is 0.243 e. The van der Waals surface area contributed by atoms with Crippen LogP contribution in [0.15, 0.2) is 48.7 Å². The lowest BCUT2D eigenvalue weighted by Gasteiger charge is -2.33. The summed E-state index contributed by atoms with van der Waals surface area (Å²) in [5, 5.41) is 3.44. The molecule has 2 heterocycles. The van der Waals surface area contributed by atoms with Crippen LogP contribution in [0.1, 0.15) is 70.3 Å². The van der Waals surface area contributed by atoms with Crippen LogP contribution in [-0.4, -0.2) is 26.5 Å². The normalized spacial score (nSPS) is 19.4. The molecule has 1 aromatic carbocycles. The third-order valence-electron chi connectivity index (χ3n) is 7.08. The van der Waals surface area contributed by atoms with E-state index in [2.05, 4.69) is 20.9 Å². The Balaban J connectivity index is 1.60. The molecule has 5 heteroatoms. The van der Waals surface area contributed by atoms with E-state index in [0.717, 1.165) is 48.2 Å². The molecule has 2 aromatic heterocycles. The molecule has 2 aliphatic rings. The number of nitrogens with zero attached hydrogens (tertiary/aromatic N) is 3. The van der Waals surface area contributed by atoms with Crippen LogP contribution in [0.25, 0.3) is 22.6 Å². The van der Waals surface area contributed by atoms with Crippen molar-refractivity contribution in [1.29, 1.82) is 0 Å². The molecule has 2 saturated carbocycles. The zero-order valence-corrected chi connectivity index (χ0v) is 18.2. The minimum absolute atomic E-state index is 0.166. The zero-order valence-electron chi connectivity index (χ0n) is 18.2. The van der Waals surface area contributed by atoms with Crippen molar-refractivity contribution in [3.05, 3.63) is 48.7 Å². The highest BCUT2D eigenvalue weighted by Gasteiger charge is 2.35. The Hall–Kier alpha value is -2.69. The van der Waals surface area contributed by atoms with Crippen LogP contribution >= 0.6 is 0 Å². The molecule has 5 nitrogen and oxygen atoms in total. The fourth-order valence-corrected chi connectivity index (χ4v) is 5.53. The molecule has 1 amide bonds. The summed E-state index contributed by atoms with van der Waals surface area (Å²) in [6, 6.07) is 14.2. The van der Waals surface area contributed by atoms with E-state index in [4.69, 9.17) is 4.98 Å². The van der Waals surface area contributed by atoms with Crippen LogP contribution in [0.2, 0.25) is 0 Å². The van der Waals surface area contributed by atoms with Gasteiger partial charge in [-0.25, -0.2) is 4.98 Å². The third kappa shape index (κ3) is 4.23. The summed E-state index contributed by atoms with van der Waals surface area (Å²) in [6.07, 6.45) is 13.6. The average molecular weight is 417 g/mol. The molecule has 0 spiro atoms. The van der Waals surface area contributed by atoms with Gasteiger partial charge in [0.2, 0.25) is 5.91 Å². The van der Waals surface area contributed by atoms with Gasteiger partial charge in [0.15, 0.2) is 5.82 Å². The van der Waals surface area contributed by atoms with Gasteiger partial charge in [-0.3, -0.25) is 9.78 Å². The lowest BCUT2D eigenvalue weighted by Crippen LogP contribution is -2.43. The van der Waals surface area contributed by atoms with Gasteiger partial charge in [0, 0.05) is 12.2 Å². The van der Waals surface area contributed by atoms with Crippen molar-refractivity contribution in [2.45, 2.75) is 76.3 Å². The topological polar surface area (TPSA) is 59.8 Å². The molecule has 0 radical (unpaired) electrons. The number of pyridine rings is 1. The van der Waals surface area contributed by atoms with E-state index in [-0.39, 0.29) is 11.9 Å². The first-order valence-electron chi connectivity index (χ1n) is 12.0. The van der Waals surface area contributed by atoms with Crippen molar-refractivity contribution < 1.29 is 4.79 Å². The minimum atomic E-state index is -0.244. The summed E-state index contributed by atoms with van der Waals surface area (Å²) in [6.45, 7) is 0. The number of imidazole rings is 1. The lowest BCUT2D eigenvalue weighted by molar-refractivity contribution is -0.127. The molecule has 3 aromatic rings. The third-order valence-corrected chi connectivity index (χ3v) is 7.08. The first-order chi connectivity index (χ1) is 15.3. The van der Waals surface area contributed by atoms with Gasteiger partial charge in [0.1, 0.15) is 11.7 Å². The maximum absolute atomic E-state index is 13.9. The Morgan fingerprint density at radius 3 is 2.35 bits per heavy atom. The standard InChI is InChI=1S/C26H32N4O/c31-26(28-20-13-5-2-6-14-20)24(19-11-3-1-4-12-19)30-23-17-8-7-15-21(23)29-25(30)22-16-9-10-18-27-22/h7-10,15-20,24H,1-6,11-14H2,(H,28,31). The molecule has 1 atom stereocenters. The Labute approximate surface area is 184 Å². The molecule has 5 rings (SSSR count). The van der Waals surface area contributed by atoms with Crippen molar-refractivity contribution in [3.63, 3.8) is 0 Å². The molecule has 1 N–H and O–H groups in total. The van der Waals surface area contributed by atoms with Gasteiger partial charge < -0.3 is 9.88 Å². The largest absolute Gasteiger partial charge is 0.352 e. The van der Waals surface area contributed by atoms with Crippen LogP contribution in [0.4, 0.5) is 0 Å². The van der Waals surface area contributed by atoms with Crippen molar-refractivity contribution in [3.8, 4) is 11.5 Å². The highest BCUT2D eigenvalue weighted by molar-refractivity contribution is 5.87. The van der Waals surface area contributed by atoms with E-state index in [0.29, 0.717) is 12.0 Å². The quantitative estimate of drug-likeness (QED) is 0.583. The first-order valence-corrected chi connectivity index (χ1v) is 12.0. The van der Waals surface area contributed by atoms with E-state index < -0.39 is 0 Å². The maximum atomic E-state index is 13.9. The second-order valence-electron chi connectivity index (χ2n) is 9.20. The molecular formula is C26H32N4O. The molecule has 162 valence electrons. The van der Waals surface area contributed by atoms with Gasteiger partial charge in [-0.05, 0) is 55.9 Å². The maximum Gasteiger partial charge on any atom is 0.243 e. The summed E-state index contributed by atoms with van der Waals surface area (Å²) < 4.78 is 2.20. The van der Waals surface area contributed by atoms with Gasteiger partial charge in [-0.1, -0.05) is 56.7 Å². The molecule has 31 heavy (non-hydrogen) atoms. The number of aromatic nitrogens is 3. The Bertz CT molecular complexity index is 1020. The predicted octanol–water partition coefficient (Wildman–Crippen LogP) is 5.67. The number of fused-ring (bicyclic) bond motifs is 1. The molecule has 2 aliphatic carbocycles. The Morgan fingerprint density at radius 2 is 1.61 bits per heavy atom. The zero-order chi connectivity index (χ0) is 21.0. The van der Waals surface area contributed by atoms with Crippen molar-refractivity contribution in [2.24, 2.45) is 5.92 Å². The number of amides is 1. The fraction of sp³-hybridized carbons (Fsp3) is 0.500. The van der Waals surface area contributed by atoms with E-state index in [9.17, 15) is 4.79 Å². The average Bonchev–Trinajstić information content (AvgIpc) is 3.21. The summed E-state index contributed by atoms with van der Waals surface area (Å²) >= 11 is 0. The van der Waals surface area contributed by atoms with Crippen LogP contribution in [-0.2, 0) is 4.79 Å². The summed E-state index contributed by atoms with van der Waals surface area (Å²) in [5.41, 5.74) is 2.77. The number of nitrogens with one attached hydrogen (secondary N) is 1. The van der Waals surface area contributed by atoms with Crippen LogP contribution in [0.3, 0.4) is 0 Å². The molecule has 0 bridgehead atoms. The minimum Gasteiger partial charge on any atom is -0.352 e. The SMILES string of the molecule is O=C(NC1CCCCC1)C(C1CCCCC1)n1c(-c2ccccn2)nc2ccccc21. The molecule has 0 aliphatic heterocycles. The van der Waals surface area contributed by atoms with Gasteiger partial charge in [0.05, 0.1) is 11.0 Å². The lowest BCUT2D eigenvalue weighted by atomic mass is 9.82. The van der Waals surface area contributed by atoms with Crippen molar-refractivity contribution in [1.82, 2.24) is 19.9 Å². The number of carbonyl (C=O) groups is 1. The Kier molecular flexibility index (Phi) is 6.01. The number of carbonyl (C=O) groups excluding carboxylic acids is 1. The first kappa shape index (κ1) is 20.2. The van der Waals surface area contributed by atoms with Crippen LogP contribution in [0, 0.1) is 5.92 Å². The number of para-hydroxylation sites is 2. The highest BCUT2D eigenvalue weighted by atomic mass is 16.2. The van der Waals surface area contributed by atoms with Crippen molar-refractivity contribution in [2.75, 3.05) is 0 Å². The van der Waals surface area contributed by atoms with E-state index >= 15 is 0 Å². The number of hydrogen-bond acceptors (Lipinski definition) is 3. The van der Waals surface area contributed by atoms with E-state index in [1.54, 1.807) is 6.20 Å². The van der Waals surface area contributed by atoms with E-state index in [1.807, 2.05) is 36.4 Å². The fourth-order valence-electron chi connectivity index (χ4n) is 5.53. The summed E-state index contributed by atoms with van der Waals surface area (Å²) in [5.74, 6) is 1.30. The summed E-state index contributed by atoms with van der Waals surface area (Å²) in [7, 11) is 0. The van der Waals surface area contributed by atoms with Gasteiger partial charge in [0.25, 0.3) is 0 Å². The van der Waals surface area contributed by atoms with Gasteiger partial charge >= 0.3 is 0 Å². The number of benzene rings is 1. The Morgan fingerprint density at radius 1 is 0.903 bits per heavy atom. The van der Waals surface area contributed by atoms with Gasteiger partial charge in [-0.15, -0.1) is 0 Å². The molecule has 1 unspecified atom stereocenters. The number of rotatable bonds is 5. The highest BCUT2D eigenvalue weighted by Crippen LogP contribution is 2.38. The number of hydrogen-bond donors (Lipinski definition) is 1. The van der Waals surface area contributed by atoms with Gasteiger partial charge in [-0.2, -0.15) is 0 Å². The second-order valence-corrected chi connectivity index (χ2v) is 9.20. The van der Waals surface area contributed by atoms with E-state index in [1.165, 1.54) is 38.5 Å². The van der Waals surface area contributed by atoms with Crippen LogP contribution in [0.5, 0.6) is 0 Å². The predicted molar refractivity (Wildman–Crippen MR) is 124 cm³/mol. The second kappa shape index (κ2) is 9.21. The molecular weight excluding hydrogens is 384 g/mol. The van der Waals surface area contributed by atoms with Crippen molar-refractivity contribution >= 4 is 16.9 Å². The molecule has 0 saturated heterocycles.